The Hall–Kier alpha value is -1.34. The second-order valence-corrected chi connectivity index (χ2v) is 14.4. The summed E-state index contributed by atoms with van der Waals surface area (Å²) in [5.74, 6) is 1.07. The number of hydrogen-bond acceptors (Lipinski definition) is 5. The van der Waals surface area contributed by atoms with Gasteiger partial charge in [-0.15, -0.1) is 0 Å². The summed E-state index contributed by atoms with van der Waals surface area (Å²) < 4.78 is 5.68. The lowest BCUT2D eigenvalue weighted by atomic mass is 9.91. The number of hydrogen-bond donors (Lipinski definition) is 2. The summed E-state index contributed by atoms with van der Waals surface area (Å²) >= 11 is 1.54. The first-order valence-corrected chi connectivity index (χ1v) is 16.7. The Bertz CT molecular complexity index is 758. The number of thioether (sulfide) groups is 1. The average molecular weight is 584 g/mol. The molecular formula is C33H61NO5S. The van der Waals surface area contributed by atoms with Gasteiger partial charge in [0.05, 0.1) is 18.1 Å². The van der Waals surface area contributed by atoms with Crippen LogP contribution in [0.15, 0.2) is 11.6 Å². The van der Waals surface area contributed by atoms with Crippen molar-refractivity contribution in [1.29, 1.82) is 0 Å². The molecule has 0 bridgehead atoms. The fourth-order valence-electron chi connectivity index (χ4n) is 4.62. The molecule has 0 aromatic heterocycles. The summed E-state index contributed by atoms with van der Waals surface area (Å²) in [6.45, 7) is 18.5. The minimum absolute atomic E-state index is 0.0273. The van der Waals surface area contributed by atoms with Gasteiger partial charge in [-0.05, 0) is 58.3 Å². The van der Waals surface area contributed by atoms with E-state index < -0.39 is 23.5 Å². The van der Waals surface area contributed by atoms with Gasteiger partial charge in [0.15, 0.2) is 5.78 Å². The van der Waals surface area contributed by atoms with Crippen molar-refractivity contribution < 1.29 is 24.2 Å². The number of carbonyl (C=O) groups is 3. The molecule has 40 heavy (non-hydrogen) atoms. The molecule has 4 unspecified atom stereocenters. The van der Waals surface area contributed by atoms with Crippen LogP contribution in [0.4, 0.5) is 0 Å². The van der Waals surface area contributed by atoms with Crippen molar-refractivity contribution in [1.82, 2.24) is 5.32 Å². The lowest BCUT2D eigenvalue weighted by Gasteiger charge is -2.25. The van der Waals surface area contributed by atoms with Crippen molar-refractivity contribution in [2.24, 2.45) is 23.7 Å². The van der Waals surface area contributed by atoms with Crippen LogP contribution in [0.2, 0.25) is 0 Å². The maximum atomic E-state index is 12.8. The van der Waals surface area contributed by atoms with Crippen molar-refractivity contribution in [3.8, 4) is 0 Å². The van der Waals surface area contributed by atoms with Gasteiger partial charge in [-0.25, -0.2) is 0 Å². The molecule has 0 heterocycles. The average Bonchev–Trinajstić information content (AvgIpc) is 2.82. The zero-order valence-corrected chi connectivity index (χ0v) is 28.0. The van der Waals surface area contributed by atoms with E-state index in [9.17, 15) is 19.5 Å². The molecule has 234 valence electrons. The molecule has 0 fully saturated rings. The van der Waals surface area contributed by atoms with Gasteiger partial charge in [-0.1, -0.05) is 84.3 Å². The van der Waals surface area contributed by atoms with Crippen LogP contribution in [0.25, 0.3) is 0 Å². The number of aliphatic carboxylic acids is 1. The standard InChI is InChI=1S/C33H61NO5S/c1-24(2)13-10-14-25(3)15-11-16-26(4)17-12-18-27(5)19-20-40-23-29(32(37)38)21-31(36)30(34-28(6)35)22-39-33(7,8)9/h19,24-26,29-30H,10-18,20-23H2,1-9H3,(H,34,35)(H,37,38)/b27-19+. The SMILES string of the molecule is CC(=O)NC(COC(C)(C)C)C(=O)CC(CSC/C=C(\C)CCCC(C)CCCC(C)CCCC(C)C)C(=O)O. The Morgan fingerprint density at radius 2 is 1.45 bits per heavy atom. The molecule has 0 aromatic rings. The van der Waals surface area contributed by atoms with Gasteiger partial charge in [0.1, 0.15) is 6.04 Å². The Kier molecular flexibility index (Phi) is 20.7. The van der Waals surface area contributed by atoms with Crippen molar-refractivity contribution in [3.63, 3.8) is 0 Å². The molecule has 2 N–H and O–H groups in total. The number of allylic oxidation sites excluding steroid dienone is 1. The molecule has 0 radical (unpaired) electrons. The van der Waals surface area contributed by atoms with Gasteiger partial charge < -0.3 is 15.2 Å². The summed E-state index contributed by atoms with van der Waals surface area (Å²) in [6.07, 6.45) is 13.6. The molecule has 1 amide bonds. The smallest absolute Gasteiger partial charge is 0.307 e. The first-order chi connectivity index (χ1) is 18.6. The fraction of sp³-hybridized carbons (Fsp3) is 0.848. The molecule has 0 aliphatic heterocycles. The van der Waals surface area contributed by atoms with Crippen LogP contribution in [-0.4, -0.2) is 52.5 Å². The van der Waals surface area contributed by atoms with E-state index in [1.54, 1.807) is 0 Å². The lowest BCUT2D eigenvalue weighted by Crippen LogP contribution is -2.45. The second-order valence-electron chi connectivity index (χ2n) is 13.3. The highest BCUT2D eigenvalue weighted by molar-refractivity contribution is 7.99. The minimum Gasteiger partial charge on any atom is -0.481 e. The van der Waals surface area contributed by atoms with Crippen molar-refractivity contribution >= 4 is 29.4 Å². The van der Waals surface area contributed by atoms with Gasteiger partial charge in [0.2, 0.25) is 5.91 Å². The van der Waals surface area contributed by atoms with E-state index in [0.717, 1.165) is 29.9 Å². The molecule has 0 spiro atoms. The van der Waals surface area contributed by atoms with Gasteiger partial charge in [-0.2, -0.15) is 11.8 Å². The lowest BCUT2D eigenvalue weighted by molar-refractivity contribution is -0.143. The number of ketones is 1. The van der Waals surface area contributed by atoms with Crippen molar-refractivity contribution in [3.05, 3.63) is 11.6 Å². The Balaban J connectivity index is 4.38. The van der Waals surface area contributed by atoms with Crippen LogP contribution in [0.3, 0.4) is 0 Å². The highest BCUT2D eigenvalue weighted by atomic mass is 32.2. The number of Topliss-reactive ketones (excluding diaryl/α,β-unsaturated/α-hetero) is 1. The maximum Gasteiger partial charge on any atom is 0.307 e. The third-order valence-electron chi connectivity index (χ3n) is 7.25. The van der Waals surface area contributed by atoms with Crippen LogP contribution < -0.4 is 5.32 Å². The van der Waals surface area contributed by atoms with Crippen LogP contribution in [0, 0.1) is 23.7 Å². The van der Waals surface area contributed by atoms with E-state index in [-0.39, 0.29) is 24.7 Å². The summed E-state index contributed by atoms with van der Waals surface area (Å²) in [7, 11) is 0. The number of carbonyl (C=O) groups excluding carboxylic acids is 2. The molecule has 6 nitrogen and oxygen atoms in total. The van der Waals surface area contributed by atoms with Crippen molar-refractivity contribution in [2.75, 3.05) is 18.1 Å². The molecule has 0 aromatic carbocycles. The fourth-order valence-corrected chi connectivity index (χ4v) is 5.70. The van der Waals surface area contributed by atoms with E-state index >= 15 is 0 Å². The third kappa shape index (κ3) is 22.4. The maximum absolute atomic E-state index is 12.8. The summed E-state index contributed by atoms with van der Waals surface area (Å²) in [6, 6.07) is -0.841. The molecule has 0 aliphatic rings. The zero-order chi connectivity index (χ0) is 30.7. The predicted molar refractivity (Wildman–Crippen MR) is 170 cm³/mol. The van der Waals surface area contributed by atoms with E-state index in [2.05, 4.69) is 46.0 Å². The Labute approximate surface area is 250 Å². The first kappa shape index (κ1) is 38.7. The first-order valence-electron chi connectivity index (χ1n) is 15.5. The summed E-state index contributed by atoms with van der Waals surface area (Å²) in [5.41, 5.74) is 0.874. The van der Waals surface area contributed by atoms with Gasteiger partial charge in [-0.3, -0.25) is 14.4 Å². The normalized spacial score (nSPS) is 15.5. The third-order valence-corrected chi connectivity index (χ3v) is 8.30. The van der Waals surface area contributed by atoms with Gasteiger partial charge in [0.25, 0.3) is 0 Å². The van der Waals surface area contributed by atoms with Gasteiger partial charge in [0, 0.05) is 24.9 Å². The van der Waals surface area contributed by atoms with Crippen LogP contribution in [0.1, 0.15) is 127 Å². The number of rotatable bonds is 23. The van der Waals surface area contributed by atoms with Crippen LogP contribution in [-0.2, 0) is 19.1 Å². The van der Waals surface area contributed by atoms with E-state index in [0.29, 0.717) is 5.75 Å². The second kappa shape index (κ2) is 21.4. The highest BCUT2D eigenvalue weighted by Gasteiger charge is 2.28. The monoisotopic (exact) mass is 583 g/mol. The van der Waals surface area contributed by atoms with Crippen LogP contribution >= 0.6 is 11.8 Å². The minimum atomic E-state index is -0.987. The molecule has 0 aliphatic carbocycles. The molecule has 0 rings (SSSR count). The van der Waals surface area contributed by atoms with E-state index in [4.69, 9.17) is 4.74 Å². The summed E-state index contributed by atoms with van der Waals surface area (Å²) in [5, 5.41) is 12.3. The molecule has 4 atom stereocenters. The van der Waals surface area contributed by atoms with Crippen molar-refractivity contribution in [2.45, 2.75) is 138 Å². The Morgan fingerprint density at radius 3 is 1.95 bits per heavy atom. The number of carboxylic acids is 1. The summed E-state index contributed by atoms with van der Waals surface area (Å²) in [4.78, 5) is 36.2. The largest absolute Gasteiger partial charge is 0.481 e. The van der Waals surface area contributed by atoms with Crippen LogP contribution in [0.5, 0.6) is 0 Å². The quantitative estimate of drug-likeness (QED) is 0.0933. The zero-order valence-electron chi connectivity index (χ0n) is 27.1. The number of nitrogens with one attached hydrogen (secondary N) is 1. The number of carboxylic acid groups (broad SMARTS) is 1. The van der Waals surface area contributed by atoms with Gasteiger partial charge >= 0.3 is 5.97 Å². The molecule has 0 saturated heterocycles. The predicted octanol–water partition coefficient (Wildman–Crippen LogP) is 8.08. The van der Waals surface area contributed by atoms with E-state index in [1.165, 1.54) is 75.6 Å². The highest BCUT2D eigenvalue weighted by Crippen LogP contribution is 2.22. The number of amides is 1. The van der Waals surface area contributed by atoms with E-state index in [1.807, 2.05) is 20.8 Å². The molecule has 0 saturated carbocycles. The number of ether oxygens (including phenoxy) is 1. The topological polar surface area (TPSA) is 92.7 Å². The molecular weight excluding hydrogens is 522 g/mol. The Morgan fingerprint density at radius 1 is 0.900 bits per heavy atom. The molecule has 7 heteroatoms.